The van der Waals surface area contributed by atoms with Gasteiger partial charge in [0.2, 0.25) is 0 Å². The molecule has 14 aromatic carbocycles. The first kappa shape index (κ1) is 89.8. The van der Waals surface area contributed by atoms with Crippen molar-refractivity contribution in [2.45, 2.75) is 95.4 Å². The van der Waals surface area contributed by atoms with Crippen molar-refractivity contribution in [2.75, 3.05) is 0 Å². The van der Waals surface area contributed by atoms with Crippen LogP contribution in [0.25, 0.3) is 5.57 Å². The van der Waals surface area contributed by atoms with Crippen molar-refractivity contribution in [1.82, 2.24) is 0 Å². The summed E-state index contributed by atoms with van der Waals surface area (Å²) in [6, 6.07) is 142. The second-order valence-corrected chi connectivity index (χ2v) is 44.8. The minimum atomic E-state index is -2.13. The summed E-state index contributed by atoms with van der Waals surface area (Å²) in [5.74, 6) is 1.14. The largest absolute Gasteiger partial charge is 0.299 e. The quantitative estimate of drug-likeness (QED) is 0.0793. The van der Waals surface area contributed by atoms with Crippen LogP contribution in [-0.4, -0.2) is 55.9 Å². The maximum absolute atomic E-state index is 12.5. The Morgan fingerprint density at radius 2 is 0.397 bits per heavy atom. The summed E-state index contributed by atoms with van der Waals surface area (Å²) in [7, 11) is 0. The molecule has 6 nitrogen and oxygen atoms in total. The summed E-state index contributed by atoms with van der Waals surface area (Å²) in [6.45, 7) is 11.9. The third kappa shape index (κ3) is 19.7. The smallest absolute Gasteiger partial charge is 0.163 e. The van der Waals surface area contributed by atoms with Crippen LogP contribution in [0.5, 0.6) is 0 Å². The fourth-order valence-corrected chi connectivity index (χ4v) is 33.9. The van der Waals surface area contributed by atoms with Crippen LogP contribution in [0.15, 0.2) is 419 Å². The number of allylic oxidation sites excluding steroid dienone is 2. The van der Waals surface area contributed by atoms with E-state index in [1.54, 1.807) is 34.6 Å². The van der Waals surface area contributed by atoms with E-state index in [0.717, 1.165) is 39.6 Å². The average Bonchev–Trinajstić information content (AvgIpc) is 1.00. The van der Waals surface area contributed by atoms with E-state index < -0.39 is 27.5 Å². The number of hydrogen-bond donors (Lipinski definition) is 0. The first-order chi connectivity index (χ1) is 58.6. The van der Waals surface area contributed by atoms with Gasteiger partial charge in [-0.25, -0.2) is 0 Å². The van der Waals surface area contributed by atoms with Crippen LogP contribution < -0.4 is 63.7 Å². The minimum Gasteiger partial charge on any atom is -0.299 e. The zero-order valence-corrected chi connectivity index (χ0v) is 74.8. The van der Waals surface area contributed by atoms with Crippen molar-refractivity contribution in [3.8, 4) is 0 Å². The fourth-order valence-electron chi connectivity index (χ4n) is 16.3. The molecule has 0 saturated carbocycles. The summed E-state index contributed by atoms with van der Waals surface area (Å²) in [6.07, 6.45) is 4.79. The van der Waals surface area contributed by atoms with E-state index in [1.165, 1.54) is 85.9 Å². The van der Waals surface area contributed by atoms with E-state index in [1.807, 2.05) is 145 Å². The second kappa shape index (κ2) is 42.3. The second-order valence-electron chi connectivity index (χ2n) is 30.5. The fraction of sp³-hybridized carbons (Fsp3) is 0.135. The monoisotopic (exact) mass is 1660 g/mol. The van der Waals surface area contributed by atoms with Gasteiger partial charge in [-0.15, -0.1) is 0 Å². The molecule has 10 heteroatoms. The molecule has 608 valence electrons. The number of ketones is 6. The van der Waals surface area contributed by atoms with Gasteiger partial charge in [0.25, 0.3) is 0 Å². The Morgan fingerprint density at radius 1 is 0.223 bits per heavy atom. The van der Waals surface area contributed by atoms with Gasteiger partial charge in [0.15, 0.2) is 28.9 Å². The first-order valence-corrected chi connectivity index (χ1v) is 48.3. The predicted molar refractivity (Wildman–Crippen MR) is 528 cm³/mol. The molecule has 0 N–H and O–H groups in total. The first-order valence-electron chi connectivity index (χ1n) is 41.1. The maximum Gasteiger partial charge on any atom is 0.163 e. The summed E-state index contributed by atoms with van der Waals surface area (Å²) >= 11 is 0. The molecule has 0 aromatic heterocycles. The van der Waals surface area contributed by atoms with Crippen LogP contribution in [0, 0.1) is 5.41 Å². The molecule has 0 amide bonds. The van der Waals surface area contributed by atoms with Crippen LogP contribution in [0.3, 0.4) is 0 Å². The molecule has 16 rings (SSSR count). The number of benzene rings is 14. The van der Waals surface area contributed by atoms with E-state index in [4.69, 9.17) is 0 Å². The summed E-state index contributed by atoms with van der Waals surface area (Å²) in [5.41, 5.74) is 5.56. The van der Waals surface area contributed by atoms with Crippen molar-refractivity contribution in [3.05, 3.63) is 441 Å². The van der Waals surface area contributed by atoms with Crippen molar-refractivity contribution in [3.63, 3.8) is 0 Å². The summed E-state index contributed by atoms with van der Waals surface area (Å²) in [5, 5.41) is 18.4. The topological polar surface area (TPSA) is 102 Å². The molecule has 0 bridgehead atoms. The van der Waals surface area contributed by atoms with Gasteiger partial charge in [0, 0.05) is 38.6 Å². The predicted octanol–water partition coefficient (Wildman–Crippen LogP) is 20.1. The molecule has 0 spiro atoms. The highest BCUT2D eigenvalue weighted by molar-refractivity contribution is 7.98. The van der Waals surface area contributed by atoms with Crippen molar-refractivity contribution >= 4 is 153 Å². The summed E-state index contributed by atoms with van der Waals surface area (Å²) < 4.78 is 0. The molecule has 2 aliphatic carbocycles. The van der Waals surface area contributed by atoms with Gasteiger partial charge in [-0.3, -0.25) is 28.8 Å². The molecule has 0 aliphatic heterocycles. The third-order valence-electron chi connectivity index (χ3n) is 23.1. The standard InChI is InChI=1S/4C22H21OP.C14H16O.C9H8O/c4*1-18(23)19(2)24(20-12-6-3-7-13-20,21-14-8-4-9-15-21)22-16-10-5-11-17-22;1-10(15)14(2,3)13-9-8-11-6-4-5-7-12(11)13;10-9-6-5-7-3-1-2-4-8(7)9/h4*3-17H,1-2H3;4-7,9H,8H2,1-3H3;1-4H,5-6H2. The third-order valence-corrected chi connectivity index (χ3v) is 41.3. The lowest BCUT2D eigenvalue weighted by atomic mass is 9.78. The highest BCUT2D eigenvalue weighted by Gasteiger charge is 2.36. The molecular weight excluding hydrogens is 1550 g/mol. The lowest BCUT2D eigenvalue weighted by molar-refractivity contribution is -0.122. The van der Waals surface area contributed by atoms with Gasteiger partial charge >= 0.3 is 0 Å². The maximum atomic E-state index is 12.5. The van der Waals surface area contributed by atoms with E-state index in [0.29, 0.717) is 12.2 Å². The Hall–Kier alpha value is -12.0. The van der Waals surface area contributed by atoms with Gasteiger partial charge < -0.3 is 0 Å². The van der Waals surface area contributed by atoms with Gasteiger partial charge in [0.05, 0.1) is 0 Å². The molecule has 0 unspecified atom stereocenters. The molecule has 121 heavy (non-hydrogen) atoms. The van der Waals surface area contributed by atoms with Crippen LogP contribution in [0.2, 0.25) is 0 Å². The van der Waals surface area contributed by atoms with Crippen molar-refractivity contribution in [1.29, 1.82) is 0 Å². The lowest BCUT2D eigenvalue weighted by Crippen LogP contribution is -2.31. The number of Topliss-reactive ketones (excluding diaryl/α,β-unsaturated/α-hetero) is 6. The minimum absolute atomic E-state index is 0.153. The number of rotatable bonds is 18. The molecule has 0 radical (unpaired) electrons. The highest BCUT2D eigenvalue weighted by atomic mass is 31.2. The molecule has 2 aliphatic rings. The van der Waals surface area contributed by atoms with E-state index in [9.17, 15) is 28.8 Å². The molecule has 0 saturated heterocycles. The van der Waals surface area contributed by atoms with Crippen LogP contribution in [0.1, 0.15) is 110 Å². The molecule has 0 fully saturated rings. The van der Waals surface area contributed by atoms with E-state index >= 15 is 0 Å². The van der Waals surface area contributed by atoms with Gasteiger partial charge in [-0.2, -0.15) is 0 Å². The zero-order chi connectivity index (χ0) is 86.0. The van der Waals surface area contributed by atoms with E-state index in [-0.39, 0.29) is 34.3 Å². The molecule has 14 aromatic rings. The number of carbonyl (C=O) groups is 6. The van der Waals surface area contributed by atoms with Crippen LogP contribution in [-0.2, 0) is 36.8 Å². The average molecular weight is 1660 g/mol. The SMILES string of the molecule is CC(=O)C(C)(C)C1=CCc2ccccc21.CC(=O)C(C)=P(c1ccccc1)(c1ccccc1)c1ccccc1.CC(=O)C(C)=P(c1ccccc1)(c1ccccc1)c1ccccc1.CC(=O)C(C)=P(c1ccccc1)(c1ccccc1)c1ccccc1.CC(=O)C(C)=P(c1ccccc1)(c1ccccc1)c1ccccc1.O=C1CCc2ccccc21. The normalized spacial score (nSPS) is 11.9. The Morgan fingerprint density at radius 3 is 0.579 bits per heavy atom. The van der Waals surface area contributed by atoms with Gasteiger partial charge in [-0.05, 0) is 202 Å². The van der Waals surface area contributed by atoms with Crippen LogP contribution >= 0.6 is 27.5 Å². The number of hydrogen-bond acceptors (Lipinski definition) is 6. The Bertz CT molecular complexity index is 5120. The Balaban J connectivity index is 0.000000144. The number of fused-ring (bicyclic) bond motifs is 2. The zero-order valence-electron chi connectivity index (χ0n) is 71.2. The van der Waals surface area contributed by atoms with Gasteiger partial charge in [0.1, 0.15) is 5.78 Å². The number of carbonyl (C=O) groups excluding carboxylic acids is 6. The molecular formula is C111H108O6P4. The summed E-state index contributed by atoms with van der Waals surface area (Å²) in [4.78, 5) is 72.7. The molecule has 0 heterocycles. The Kier molecular flexibility index (Phi) is 31.4. The lowest BCUT2D eigenvalue weighted by Gasteiger charge is -2.31. The number of aryl methyl sites for hydroxylation is 1. The van der Waals surface area contributed by atoms with Crippen molar-refractivity contribution in [2.24, 2.45) is 5.41 Å². The van der Waals surface area contributed by atoms with E-state index in [2.05, 4.69) is 315 Å². The highest BCUT2D eigenvalue weighted by Crippen LogP contribution is 2.50. The van der Waals surface area contributed by atoms with Crippen LogP contribution in [0.4, 0.5) is 0 Å². The van der Waals surface area contributed by atoms with Gasteiger partial charge in [-0.1, -0.05) is 419 Å². The molecule has 0 atom stereocenters. The Labute approximate surface area is 718 Å². The van der Waals surface area contributed by atoms with Crippen molar-refractivity contribution < 1.29 is 28.8 Å².